The molecular weight excluding hydrogens is 315 g/mol. The highest BCUT2D eigenvalue weighted by molar-refractivity contribution is 5.77. The highest BCUT2D eigenvalue weighted by Crippen LogP contribution is 2.34. The Morgan fingerprint density at radius 1 is 1.30 bits per heavy atom. The largest absolute Gasteiger partial charge is 0.416 e. The summed E-state index contributed by atoms with van der Waals surface area (Å²) in [7, 11) is 0. The van der Waals surface area contributed by atoms with Crippen molar-refractivity contribution in [2.45, 2.75) is 25.4 Å². The Morgan fingerprint density at radius 3 is 2.52 bits per heavy atom. The van der Waals surface area contributed by atoms with Gasteiger partial charge in [0.1, 0.15) is 5.69 Å². The predicted octanol–water partition coefficient (Wildman–Crippen LogP) is 3.04. The lowest BCUT2D eigenvalue weighted by atomic mass is 10.1. The Morgan fingerprint density at radius 2 is 1.96 bits per heavy atom. The maximum Gasteiger partial charge on any atom is 0.416 e. The summed E-state index contributed by atoms with van der Waals surface area (Å²) < 4.78 is 37.8. The van der Waals surface area contributed by atoms with Crippen molar-refractivity contribution in [3.8, 4) is 0 Å². The summed E-state index contributed by atoms with van der Waals surface area (Å²) in [6.07, 6.45) is -2.58. The maximum atomic E-state index is 12.6. The van der Waals surface area contributed by atoms with Gasteiger partial charge < -0.3 is 10.2 Å². The molecule has 0 aliphatic carbocycles. The van der Waals surface area contributed by atoms with Crippen LogP contribution in [0.15, 0.2) is 18.2 Å². The van der Waals surface area contributed by atoms with Crippen LogP contribution in [-0.4, -0.2) is 35.4 Å². The Kier molecular flexibility index (Phi) is 5.07. The van der Waals surface area contributed by atoms with Gasteiger partial charge in [0, 0.05) is 32.1 Å². The predicted molar refractivity (Wildman–Crippen MR) is 77.0 cm³/mol. The number of hydrogen-bond donors (Lipinski definition) is 1. The number of hydrogen-bond acceptors (Lipinski definition) is 4. The summed E-state index contributed by atoms with van der Waals surface area (Å²) >= 11 is 0. The van der Waals surface area contributed by atoms with Crippen molar-refractivity contribution in [3.05, 3.63) is 33.9 Å². The monoisotopic (exact) mass is 331 g/mol. The van der Waals surface area contributed by atoms with E-state index in [2.05, 4.69) is 5.32 Å². The molecule has 1 aromatic carbocycles. The summed E-state index contributed by atoms with van der Waals surface area (Å²) in [6.45, 7) is 1.54. The number of alkyl halides is 3. The highest BCUT2D eigenvalue weighted by Gasteiger charge is 2.33. The van der Waals surface area contributed by atoms with Crippen LogP contribution in [0.5, 0.6) is 0 Å². The van der Waals surface area contributed by atoms with Crippen molar-refractivity contribution in [1.82, 2.24) is 4.90 Å². The van der Waals surface area contributed by atoms with Crippen LogP contribution in [0.4, 0.5) is 24.5 Å². The van der Waals surface area contributed by atoms with Gasteiger partial charge in [-0.25, -0.2) is 0 Å². The van der Waals surface area contributed by atoms with E-state index in [0.717, 1.165) is 25.0 Å². The first-order valence-corrected chi connectivity index (χ1v) is 7.16. The van der Waals surface area contributed by atoms with Crippen molar-refractivity contribution < 1.29 is 22.9 Å². The van der Waals surface area contributed by atoms with Crippen LogP contribution in [0.25, 0.3) is 0 Å². The van der Waals surface area contributed by atoms with E-state index in [1.54, 1.807) is 4.90 Å². The maximum absolute atomic E-state index is 12.6. The fourth-order valence-electron chi connectivity index (χ4n) is 2.44. The van der Waals surface area contributed by atoms with Crippen molar-refractivity contribution in [2.75, 3.05) is 25.0 Å². The second kappa shape index (κ2) is 6.84. The molecule has 0 unspecified atom stereocenters. The molecule has 9 heteroatoms. The summed E-state index contributed by atoms with van der Waals surface area (Å²) in [5.41, 5.74) is -1.77. The second-order valence-electron chi connectivity index (χ2n) is 5.25. The van der Waals surface area contributed by atoms with Gasteiger partial charge in [-0.1, -0.05) is 0 Å². The SMILES string of the molecule is O=C(CCNc1ccc(C(F)(F)F)cc1[N+](=O)[O-])N1CCCC1. The molecule has 1 fully saturated rings. The van der Waals surface area contributed by atoms with Crippen LogP contribution in [-0.2, 0) is 11.0 Å². The minimum Gasteiger partial charge on any atom is -0.379 e. The molecule has 1 saturated heterocycles. The zero-order valence-electron chi connectivity index (χ0n) is 12.2. The molecular formula is C14H16F3N3O3. The molecule has 0 bridgehead atoms. The molecule has 1 aliphatic rings. The molecule has 1 heterocycles. The fraction of sp³-hybridized carbons (Fsp3) is 0.500. The van der Waals surface area contributed by atoms with Crippen LogP contribution in [0.1, 0.15) is 24.8 Å². The number of anilines is 1. The lowest BCUT2D eigenvalue weighted by Crippen LogP contribution is -2.29. The fourth-order valence-corrected chi connectivity index (χ4v) is 2.44. The zero-order chi connectivity index (χ0) is 17.0. The number of nitrogens with one attached hydrogen (secondary N) is 1. The number of nitro benzene ring substituents is 1. The molecule has 0 saturated carbocycles. The van der Waals surface area contributed by atoms with Crippen molar-refractivity contribution in [2.24, 2.45) is 0 Å². The summed E-state index contributed by atoms with van der Waals surface area (Å²) in [5.74, 6) is -0.0652. The van der Waals surface area contributed by atoms with Gasteiger partial charge in [0.2, 0.25) is 5.91 Å². The van der Waals surface area contributed by atoms with Gasteiger partial charge in [-0.3, -0.25) is 14.9 Å². The lowest BCUT2D eigenvalue weighted by Gasteiger charge is -2.15. The normalized spacial score (nSPS) is 14.8. The standard InChI is InChI=1S/C14H16F3N3O3/c15-14(16,17)10-3-4-11(12(9-10)20(22)23)18-6-5-13(21)19-7-1-2-8-19/h3-4,9,18H,1-2,5-8H2. The molecule has 2 rings (SSSR count). The van der Waals surface area contributed by atoms with E-state index < -0.39 is 22.4 Å². The zero-order valence-corrected chi connectivity index (χ0v) is 12.2. The van der Waals surface area contributed by atoms with E-state index in [-0.39, 0.29) is 24.6 Å². The topological polar surface area (TPSA) is 75.5 Å². The van der Waals surface area contributed by atoms with Crippen LogP contribution < -0.4 is 5.32 Å². The molecule has 23 heavy (non-hydrogen) atoms. The molecule has 0 radical (unpaired) electrons. The van der Waals surface area contributed by atoms with E-state index >= 15 is 0 Å². The van der Waals surface area contributed by atoms with Crippen LogP contribution in [0.2, 0.25) is 0 Å². The highest BCUT2D eigenvalue weighted by atomic mass is 19.4. The molecule has 1 N–H and O–H groups in total. The van der Waals surface area contributed by atoms with E-state index in [4.69, 9.17) is 0 Å². The molecule has 0 atom stereocenters. The van der Waals surface area contributed by atoms with Gasteiger partial charge in [-0.2, -0.15) is 13.2 Å². The number of nitro groups is 1. The summed E-state index contributed by atoms with van der Waals surface area (Å²) in [6, 6.07) is 2.28. The minimum atomic E-state index is -4.64. The van der Waals surface area contributed by atoms with Crippen LogP contribution in [0.3, 0.4) is 0 Å². The van der Waals surface area contributed by atoms with E-state index in [1.807, 2.05) is 0 Å². The first kappa shape index (κ1) is 17.0. The Hall–Kier alpha value is -2.32. The number of carbonyl (C=O) groups is 1. The number of amides is 1. The van der Waals surface area contributed by atoms with Gasteiger partial charge in [0.05, 0.1) is 10.5 Å². The number of nitrogens with zero attached hydrogens (tertiary/aromatic N) is 2. The Balaban J connectivity index is 2.01. The molecule has 1 aromatic rings. The van der Waals surface area contributed by atoms with Crippen molar-refractivity contribution in [1.29, 1.82) is 0 Å². The number of likely N-dealkylation sites (tertiary alicyclic amines) is 1. The van der Waals surface area contributed by atoms with E-state index in [1.165, 1.54) is 0 Å². The van der Waals surface area contributed by atoms with E-state index in [9.17, 15) is 28.1 Å². The molecule has 1 amide bonds. The molecule has 0 aromatic heterocycles. The smallest absolute Gasteiger partial charge is 0.379 e. The van der Waals surface area contributed by atoms with Crippen molar-refractivity contribution >= 4 is 17.3 Å². The van der Waals surface area contributed by atoms with Gasteiger partial charge in [0.25, 0.3) is 5.69 Å². The van der Waals surface area contributed by atoms with Crippen molar-refractivity contribution in [3.63, 3.8) is 0 Å². The first-order valence-electron chi connectivity index (χ1n) is 7.16. The average molecular weight is 331 g/mol. The van der Waals surface area contributed by atoms with E-state index in [0.29, 0.717) is 19.2 Å². The Bertz CT molecular complexity index is 599. The third-order valence-corrected chi connectivity index (χ3v) is 3.63. The number of rotatable bonds is 5. The van der Waals surface area contributed by atoms with Crippen LogP contribution in [0, 0.1) is 10.1 Å². The third-order valence-electron chi connectivity index (χ3n) is 3.63. The Labute approximate surface area is 130 Å². The number of benzene rings is 1. The lowest BCUT2D eigenvalue weighted by molar-refractivity contribution is -0.384. The quantitative estimate of drug-likeness (QED) is 0.665. The molecule has 6 nitrogen and oxygen atoms in total. The van der Waals surface area contributed by atoms with Gasteiger partial charge in [0.15, 0.2) is 0 Å². The summed E-state index contributed by atoms with van der Waals surface area (Å²) in [4.78, 5) is 23.6. The number of halogens is 3. The van der Waals surface area contributed by atoms with Gasteiger partial charge in [-0.05, 0) is 25.0 Å². The molecule has 0 spiro atoms. The van der Waals surface area contributed by atoms with Gasteiger partial charge in [-0.15, -0.1) is 0 Å². The molecule has 1 aliphatic heterocycles. The third kappa shape index (κ3) is 4.33. The summed E-state index contributed by atoms with van der Waals surface area (Å²) in [5, 5.41) is 13.6. The molecule has 126 valence electrons. The second-order valence-corrected chi connectivity index (χ2v) is 5.25. The first-order chi connectivity index (χ1) is 10.8. The van der Waals surface area contributed by atoms with Gasteiger partial charge >= 0.3 is 6.18 Å². The number of carbonyl (C=O) groups excluding carboxylic acids is 1. The minimum absolute atomic E-state index is 0.0304. The average Bonchev–Trinajstić information content (AvgIpc) is 3.00. The van der Waals surface area contributed by atoms with Crippen LogP contribution >= 0.6 is 0 Å².